The van der Waals surface area contributed by atoms with Gasteiger partial charge in [0, 0.05) is 30.6 Å². The van der Waals surface area contributed by atoms with Crippen LogP contribution in [0.25, 0.3) is 0 Å². The molecular weight excluding hydrogens is 424 g/mol. The van der Waals surface area contributed by atoms with Gasteiger partial charge in [0.05, 0.1) is 6.54 Å². The van der Waals surface area contributed by atoms with Crippen LogP contribution in [0.3, 0.4) is 0 Å². The first-order chi connectivity index (χ1) is 14.7. The first kappa shape index (κ1) is 23.8. The lowest BCUT2D eigenvalue weighted by atomic mass is 10.1. The normalized spacial score (nSPS) is 16.1. The third kappa shape index (κ3) is 7.39. The van der Waals surface area contributed by atoms with E-state index in [2.05, 4.69) is 9.97 Å². The van der Waals surface area contributed by atoms with Crippen molar-refractivity contribution in [1.29, 1.82) is 0 Å². The van der Waals surface area contributed by atoms with Crippen molar-refractivity contribution in [3.63, 3.8) is 0 Å². The number of benzene rings is 1. The lowest BCUT2D eigenvalue weighted by Gasteiger charge is -2.18. The number of nitrogens with two attached hydrogens (primary N) is 1. The SMILES string of the molecule is CC(=O)N1CC(=S)C[C@H]1C(=O)O.N[C@@H](Cc1ccc(Oc2ncccn2)cc1)C(=O)O. The molecule has 2 atom stereocenters. The molecule has 1 aromatic heterocycles. The average molecular weight is 446 g/mol. The molecule has 31 heavy (non-hydrogen) atoms. The Bertz CT molecular complexity index is 914. The summed E-state index contributed by atoms with van der Waals surface area (Å²) >= 11 is 4.85. The van der Waals surface area contributed by atoms with Gasteiger partial charge < -0.3 is 25.6 Å². The predicted molar refractivity (Wildman–Crippen MR) is 114 cm³/mol. The van der Waals surface area contributed by atoms with E-state index in [-0.39, 0.29) is 18.3 Å². The molecule has 11 heteroatoms. The van der Waals surface area contributed by atoms with E-state index < -0.39 is 24.0 Å². The molecule has 1 aliphatic rings. The molecule has 1 aromatic carbocycles. The number of nitrogens with zero attached hydrogens (tertiary/aromatic N) is 3. The summed E-state index contributed by atoms with van der Waals surface area (Å²) in [6.07, 6.45) is 3.76. The number of hydrogen-bond donors (Lipinski definition) is 3. The van der Waals surface area contributed by atoms with Gasteiger partial charge in [-0.25, -0.2) is 14.8 Å². The number of carbonyl (C=O) groups excluding carboxylic acids is 1. The molecule has 0 bridgehead atoms. The van der Waals surface area contributed by atoms with Gasteiger partial charge in [-0.1, -0.05) is 24.4 Å². The minimum absolute atomic E-state index is 0.234. The van der Waals surface area contributed by atoms with Crippen LogP contribution < -0.4 is 10.5 Å². The van der Waals surface area contributed by atoms with E-state index >= 15 is 0 Å². The summed E-state index contributed by atoms with van der Waals surface area (Å²) in [6, 6.07) is 7.29. The molecule has 0 saturated carbocycles. The Balaban J connectivity index is 0.000000245. The number of rotatable bonds is 6. The summed E-state index contributed by atoms with van der Waals surface area (Å²) in [5.74, 6) is -1.65. The zero-order valence-corrected chi connectivity index (χ0v) is 17.5. The van der Waals surface area contributed by atoms with E-state index in [0.29, 0.717) is 23.6 Å². The molecule has 2 aromatic rings. The van der Waals surface area contributed by atoms with Gasteiger partial charge in [0.1, 0.15) is 17.8 Å². The van der Waals surface area contributed by atoms with Crippen LogP contribution in [0.2, 0.25) is 0 Å². The van der Waals surface area contributed by atoms with E-state index in [0.717, 1.165) is 5.56 Å². The molecular formula is C20H22N4O6S. The molecule has 0 unspecified atom stereocenters. The first-order valence-corrected chi connectivity index (χ1v) is 9.62. The Morgan fingerprint density at radius 1 is 1.23 bits per heavy atom. The number of aromatic nitrogens is 2. The van der Waals surface area contributed by atoms with Crippen LogP contribution >= 0.6 is 12.2 Å². The number of carboxylic acids is 2. The fourth-order valence-electron chi connectivity index (χ4n) is 2.72. The number of ether oxygens (including phenoxy) is 1. The lowest BCUT2D eigenvalue weighted by Crippen LogP contribution is -2.39. The van der Waals surface area contributed by atoms with E-state index in [1.807, 2.05) is 0 Å². The van der Waals surface area contributed by atoms with Gasteiger partial charge in [-0.2, -0.15) is 0 Å². The number of hydrogen-bond acceptors (Lipinski definition) is 8. The van der Waals surface area contributed by atoms with E-state index in [9.17, 15) is 14.4 Å². The molecule has 164 valence electrons. The first-order valence-electron chi connectivity index (χ1n) is 9.21. The number of amides is 1. The second-order valence-electron chi connectivity index (χ2n) is 6.67. The van der Waals surface area contributed by atoms with Gasteiger partial charge in [-0.05, 0) is 30.2 Å². The monoisotopic (exact) mass is 446 g/mol. The maximum Gasteiger partial charge on any atom is 0.326 e. The van der Waals surface area contributed by atoms with Crippen molar-refractivity contribution in [2.24, 2.45) is 5.73 Å². The lowest BCUT2D eigenvalue weighted by molar-refractivity contribution is -0.147. The van der Waals surface area contributed by atoms with Crippen LogP contribution in [-0.4, -0.2) is 66.4 Å². The maximum absolute atomic E-state index is 10.9. The molecule has 10 nitrogen and oxygen atoms in total. The summed E-state index contributed by atoms with van der Waals surface area (Å²) < 4.78 is 5.42. The quantitative estimate of drug-likeness (QED) is 0.552. The smallest absolute Gasteiger partial charge is 0.326 e. The summed E-state index contributed by atoms with van der Waals surface area (Å²) in [5, 5.41) is 17.4. The Labute approximate surface area is 183 Å². The van der Waals surface area contributed by atoms with Crippen molar-refractivity contribution in [1.82, 2.24) is 14.9 Å². The summed E-state index contributed by atoms with van der Waals surface area (Å²) in [6.45, 7) is 1.66. The Kier molecular flexibility index (Phi) is 8.53. The highest BCUT2D eigenvalue weighted by atomic mass is 32.1. The fraction of sp³-hybridized carbons (Fsp3) is 0.300. The molecule has 0 radical (unpaired) electrons. The van der Waals surface area contributed by atoms with Gasteiger partial charge in [0.2, 0.25) is 5.91 Å². The second kappa shape index (κ2) is 11.1. The van der Waals surface area contributed by atoms with E-state index in [1.54, 1.807) is 42.7 Å². The minimum Gasteiger partial charge on any atom is -0.480 e. The second-order valence-corrected chi connectivity index (χ2v) is 7.25. The molecule has 1 saturated heterocycles. The highest BCUT2D eigenvalue weighted by Crippen LogP contribution is 2.18. The van der Waals surface area contributed by atoms with Crippen molar-refractivity contribution < 1.29 is 29.3 Å². The van der Waals surface area contributed by atoms with Gasteiger partial charge in [-0.15, -0.1) is 0 Å². The van der Waals surface area contributed by atoms with Crippen molar-refractivity contribution in [2.75, 3.05) is 6.54 Å². The maximum atomic E-state index is 10.9. The third-order valence-electron chi connectivity index (χ3n) is 4.28. The van der Waals surface area contributed by atoms with Gasteiger partial charge in [0.25, 0.3) is 0 Å². The average Bonchev–Trinajstić information content (AvgIpc) is 3.13. The van der Waals surface area contributed by atoms with Crippen LogP contribution in [0.5, 0.6) is 11.8 Å². The molecule has 1 fully saturated rings. The number of carboxylic acid groups (broad SMARTS) is 2. The van der Waals surface area contributed by atoms with Crippen LogP contribution in [-0.2, 0) is 20.8 Å². The number of aliphatic carboxylic acids is 2. The summed E-state index contributed by atoms with van der Waals surface area (Å²) in [4.78, 5) is 42.0. The number of likely N-dealkylation sites (tertiary alicyclic amines) is 1. The van der Waals surface area contributed by atoms with Crippen LogP contribution in [0, 0.1) is 0 Å². The molecule has 0 aliphatic carbocycles. The summed E-state index contributed by atoms with van der Waals surface area (Å²) in [5.41, 5.74) is 6.29. The molecule has 1 aliphatic heterocycles. The zero-order valence-electron chi connectivity index (χ0n) is 16.7. The molecule has 0 spiro atoms. The van der Waals surface area contributed by atoms with Crippen molar-refractivity contribution >= 4 is 34.9 Å². The predicted octanol–water partition coefficient (Wildman–Crippen LogP) is 1.28. The van der Waals surface area contributed by atoms with Crippen LogP contribution in [0.1, 0.15) is 18.9 Å². The topological polar surface area (TPSA) is 156 Å². The van der Waals surface area contributed by atoms with Crippen LogP contribution in [0.15, 0.2) is 42.7 Å². The Hall–Kier alpha value is -3.44. The van der Waals surface area contributed by atoms with Gasteiger partial charge in [0.15, 0.2) is 0 Å². The Morgan fingerprint density at radius 2 is 1.84 bits per heavy atom. The Morgan fingerprint density at radius 3 is 2.32 bits per heavy atom. The summed E-state index contributed by atoms with van der Waals surface area (Å²) in [7, 11) is 0. The largest absolute Gasteiger partial charge is 0.480 e. The van der Waals surface area contributed by atoms with Crippen molar-refractivity contribution in [3.8, 4) is 11.8 Å². The number of thiocarbonyl (C=S) groups is 1. The third-order valence-corrected chi connectivity index (χ3v) is 4.58. The molecule has 1 amide bonds. The van der Waals surface area contributed by atoms with Crippen molar-refractivity contribution in [3.05, 3.63) is 48.3 Å². The fourth-order valence-corrected chi connectivity index (χ4v) is 3.02. The van der Waals surface area contributed by atoms with Gasteiger partial charge in [-0.3, -0.25) is 9.59 Å². The van der Waals surface area contributed by atoms with Crippen LogP contribution in [0.4, 0.5) is 0 Å². The van der Waals surface area contributed by atoms with Gasteiger partial charge >= 0.3 is 17.9 Å². The van der Waals surface area contributed by atoms with Crippen molar-refractivity contribution in [2.45, 2.75) is 31.8 Å². The highest BCUT2D eigenvalue weighted by molar-refractivity contribution is 7.80. The van der Waals surface area contributed by atoms with E-state index in [1.165, 1.54) is 11.8 Å². The molecule has 3 rings (SSSR count). The standard InChI is InChI=1S/C13H13N3O3.C7H9NO3S/c14-11(12(17)18)8-9-2-4-10(5-3-9)19-13-15-6-1-7-16-13;1-4(9)8-3-5(12)2-6(8)7(10)11/h1-7,11H,8,14H2,(H,17,18);6H,2-3H2,1H3,(H,10,11)/t11-;6-/m00/s1. The zero-order chi connectivity index (χ0) is 23.0. The highest BCUT2D eigenvalue weighted by Gasteiger charge is 2.34. The minimum atomic E-state index is -1.02. The number of carbonyl (C=O) groups is 3. The molecule has 2 heterocycles. The molecule has 4 N–H and O–H groups in total. The van der Waals surface area contributed by atoms with E-state index in [4.69, 9.17) is 32.9 Å².